The van der Waals surface area contributed by atoms with Gasteiger partial charge in [-0.2, -0.15) is 0 Å². The quantitative estimate of drug-likeness (QED) is 0.656. The minimum absolute atomic E-state index is 0.0520. The highest BCUT2D eigenvalue weighted by atomic mass is 35.7. The molecule has 0 saturated carbocycles. The minimum atomic E-state index is -3.83. The highest BCUT2D eigenvalue weighted by Gasteiger charge is 2.23. The molecule has 1 fully saturated rings. The monoisotopic (exact) mass is 279 g/mol. The van der Waals surface area contributed by atoms with E-state index in [-0.39, 0.29) is 16.7 Å². The van der Waals surface area contributed by atoms with Crippen LogP contribution in [0.5, 0.6) is 0 Å². The van der Waals surface area contributed by atoms with Crippen molar-refractivity contribution in [2.45, 2.75) is 17.4 Å². The van der Waals surface area contributed by atoms with Crippen molar-refractivity contribution in [3.05, 3.63) is 18.0 Å². The average Bonchev–Trinajstić information content (AvgIpc) is 2.85. The number of ether oxygens (including phenoxy) is 2. The molecule has 0 amide bonds. The fraction of sp³-hybridized carbons (Fsp3) is 0.444. The molecule has 0 aliphatic carbocycles. The summed E-state index contributed by atoms with van der Waals surface area (Å²) in [6.45, 7) is 0.928. The predicted octanol–water partition coefficient (Wildman–Crippen LogP) is 0.888. The van der Waals surface area contributed by atoms with E-state index < -0.39 is 15.0 Å². The molecular weight excluding hydrogens is 270 g/mol. The van der Waals surface area contributed by atoms with Crippen LogP contribution in [0.25, 0.3) is 0 Å². The lowest BCUT2D eigenvalue weighted by Crippen LogP contribution is -2.18. The number of carbonyl (C=O) groups is 1. The first-order valence-corrected chi connectivity index (χ1v) is 7.19. The summed E-state index contributed by atoms with van der Waals surface area (Å²) >= 11 is 0. The van der Waals surface area contributed by atoms with E-state index in [1.54, 1.807) is 0 Å². The van der Waals surface area contributed by atoms with Crippen molar-refractivity contribution < 1.29 is 22.7 Å². The molecule has 0 bridgehead atoms. The van der Waals surface area contributed by atoms with Crippen LogP contribution in [-0.2, 0) is 18.5 Å². The Bertz CT molecular complexity index is 517. The lowest BCUT2D eigenvalue weighted by molar-refractivity contribution is 0.0265. The van der Waals surface area contributed by atoms with E-state index in [4.69, 9.17) is 20.2 Å². The Morgan fingerprint density at radius 1 is 1.59 bits per heavy atom. The van der Waals surface area contributed by atoms with Crippen molar-refractivity contribution in [3.8, 4) is 0 Å². The van der Waals surface area contributed by atoms with E-state index in [9.17, 15) is 13.2 Å². The predicted molar refractivity (Wildman–Crippen MR) is 58.5 cm³/mol. The normalized spacial score (nSPS) is 20.4. The molecule has 1 atom stereocenters. The molecule has 1 aliphatic heterocycles. The first-order valence-electron chi connectivity index (χ1n) is 4.88. The van der Waals surface area contributed by atoms with E-state index in [1.807, 2.05) is 0 Å². The van der Waals surface area contributed by atoms with Crippen molar-refractivity contribution in [2.24, 2.45) is 0 Å². The van der Waals surface area contributed by atoms with Gasteiger partial charge < -0.3 is 14.5 Å². The number of halogens is 1. The summed E-state index contributed by atoms with van der Waals surface area (Å²) in [6, 6.07) is 1.14. The molecule has 1 saturated heterocycles. The lowest BCUT2D eigenvalue weighted by Gasteiger charge is -2.08. The molecule has 94 valence electrons. The van der Waals surface area contributed by atoms with Crippen LogP contribution in [0.3, 0.4) is 0 Å². The third kappa shape index (κ3) is 2.99. The van der Waals surface area contributed by atoms with Gasteiger partial charge in [0.25, 0.3) is 9.05 Å². The Morgan fingerprint density at radius 3 is 2.88 bits per heavy atom. The number of rotatable bonds is 3. The highest BCUT2D eigenvalue weighted by Crippen LogP contribution is 2.17. The maximum Gasteiger partial charge on any atom is 0.355 e. The van der Waals surface area contributed by atoms with Gasteiger partial charge in [-0.15, -0.1) is 0 Å². The van der Waals surface area contributed by atoms with Crippen molar-refractivity contribution in [1.29, 1.82) is 0 Å². The second-order valence-electron chi connectivity index (χ2n) is 3.58. The van der Waals surface area contributed by atoms with Crippen LogP contribution in [0.1, 0.15) is 16.9 Å². The van der Waals surface area contributed by atoms with Gasteiger partial charge in [-0.3, -0.25) is 0 Å². The van der Waals surface area contributed by atoms with Crippen molar-refractivity contribution >= 4 is 25.7 Å². The van der Waals surface area contributed by atoms with E-state index in [1.165, 1.54) is 0 Å². The number of esters is 1. The Morgan fingerprint density at radius 2 is 2.35 bits per heavy atom. The SMILES string of the molecule is O=C(OC1CCOC1)c1cc(S(=O)(=O)Cl)c[nH]1. The van der Waals surface area contributed by atoms with Gasteiger partial charge in [-0.25, -0.2) is 13.2 Å². The molecule has 0 spiro atoms. The zero-order valence-electron chi connectivity index (χ0n) is 8.68. The van der Waals surface area contributed by atoms with Crippen LogP contribution in [0.2, 0.25) is 0 Å². The third-order valence-corrected chi connectivity index (χ3v) is 3.65. The zero-order chi connectivity index (χ0) is 12.5. The molecular formula is C9H10ClNO5S. The number of aromatic amines is 1. The average molecular weight is 280 g/mol. The Hall–Kier alpha value is -1.05. The van der Waals surface area contributed by atoms with Gasteiger partial charge in [-0.1, -0.05) is 0 Å². The van der Waals surface area contributed by atoms with E-state index in [0.717, 1.165) is 12.3 Å². The van der Waals surface area contributed by atoms with E-state index in [2.05, 4.69) is 4.98 Å². The zero-order valence-corrected chi connectivity index (χ0v) is 10.3. The summed E-state index contributed by atoms with van der Waals surface area (Å²) in [7, 11) is 1.29. The van der Waals surface area contributed by atoms with Crippen LogP contribution < -0.4 is 0 Å². The van der Waals surface area contributed by atoms with Gasteiger partial charge in [0, 0.05) is 23.3 Å². The number of aromatic nitrogens is 1. The molecule has 2 heterocycles. The van der Waals surface area contributed by atoms with Crippen molar-refractivity contribution in [2.75, 3.05) is 13.2 Å². The molecule has 1 aromatic heterocycles. The lowest BCUT2D eigenvalue weighted by atomic mass is 10.3. The summed E-state index contributed by atoms with van der Waals surface area (Å²) in [4.78, 5) is 13.9. The molecule has 1 N–H and O–H groups in total. The van der Waals surface area contributed by atoms with E-state index >= 15 is 0 Å². The largest absolute Gasteiger partial charge is 0.455 e. The molecule has 0 aromatic carbocycles. The number of nitrogens with one attached hydrogen (secondary N) is 1. The van der Waals surface area contributed by atoms with Gasteiger partial charge in [0.2, 0.25) is 0 Å². The molecule has 8 heteroatoms. The molecule has 0 radical (unpaired) electrons. The Labute approximate surface area is 102 Å². The fourth-order valence-electron chi connectivity index (χ4n) is 1.45. The smallest absolute Gasteiger partial charge is 0.355 e. The van der Waals surface area contributed by atoms with Gasteiger partial charge >= 0.3 is 5.97 Å². The molecule has 17 heavy (non-hydrogen) atoms. The second-order valence-corrected chi connectivity index (χ2v) is 6.14. The standard InChI is InChI=1S/C9H10ClNO5S/c10-17(13,14)7-3-8(11-4-7)9(12)16-6-1-2-15-5-6/h3-4,6,11H,1-2,5H2. The topological polar surface area (TPSA) is 85.5 Å². The first kappa shape index (κ1) is 12.4. The summed E-state index contributed by atoms with van der Waals surface area (Å²) < 4.78 is 32.1. The van der Waals surface area contributed by atoms with Crippen LogP contribution in [0.15, 0.2) is 17.2 Å². The first-order chi connectivity index (χ1) is 7.97. The van der Waals surface area contributed by atoms with Crippen LogP contribution in [0, 0.1) is 0 Å². The van der Waals surface area contributed by atoms with Gasteiger partial charge in [0.05, 0.1) is 13.2 Å². The van der Waals surface area contributed by atoms with E-state index in [0.29, 0.717) is 19.6 Å². The number of H-pyrrole nitrogens is 1. The molecule has 6 nitrogen and oxygen atoms in total. The van der Waals surface area contributed by atoms with Gasteiger partial charge in [0.1, 0.15) is 16.7 Å². The highest BCUT2D eigenvalue weighted by molar-refractivity contribution is 8.13. The van der Waals surface area contributed by atoms with Crippen LogP contribution in [0.4, 0.5) is 0 Å². The summed E-state index contributed by atoms with van der Waals surface area (Å²) in [5, 5.41) is 0. The Kier molecular flexibility index (Phi) is 3.41. The van der Waals surface area contributed by atoms with Gasteiger partial charge in [-0.05, 0) is 6.07 Å². The summed E-state index contributed by atoms with van der Waals surface area (Å²) in [6.07, 6.45) is 1.51. The summed E-state index contributed by atoms with van der Waals surface area (Å²) in [5.41, 5.74) is 0.0520. The molecule has 1 aromatic rings. The number of carbonyl (C=O) groups excluding carboxylic acids is 1. The Balaban J connectivity index is 2.07. The fourth-order valence-corrected chi connectivity index (χ4v) is 2.18. The maximum atomic E-state index is 11.6. The maximum absolute atomic E-state index is 11.6. The summed E-state index contributed by atoms with van der Waals surface area (Å²) in [5.74, 6) is -0.618. The van der Waals surface area contributed by atoms with Gasteiger partial charge in [0.15, 0.2) is 0 Å². The third-order valence-electron chi connectivity index (χ3n) is 2.32. The van der Waals surface area contributed by atoms with Crippen LogP contribution in [-0.4, -0.2) is 38.7 Å². The molecule has 2 rings (SSSR count). The molecule has 1 aliphatic rings. The molecule has 1 unspecified atom stereocenters. The van der Waals surface area contributed by atoms with Crippen molar-refractivity contribution in [3.63, 3.8) is 0 Å². The second kappa shape index (κ2) is 4.67. The van der Waals surface area contributed by atoms with Crippen molar-refractivity contribution in [1.82, 2.24) is 4.98 Å². The number of hydrogen-bond acceptors (Lipinski definition) is 5. The number of hydrogen-bond donors (Lipinski definition) is 1. The minimum Gasteiger partial charge on any atom is -0.455 e. The van der Waals surface area contributed by atoms with Crippen LogP contribution >= 0.6 is 10.7 Å².